The third-order valence-corrected chi connectivity index (χ3v) is 6.58. The van der Waals surface area contributed by atoms with Crippen molar-refractivity contribution < 1.29 is 8.42 Å². The van der Waals surface area contributed by atoms with Gasteiger partial charge in [0.25, 0.3) is 10.0 Å². The average molecular weight is 441 g/mol. The van der Waals surface area contributed by atoms with E-state index in [1.807, 2.05) is 65.6 Å². The van der Waals surface area contributed by atoms with Crippen molar-refractivity contribution in [2.24, 2.45) is 0 Å². The molecule has 0 spiro atoms. The highest BCUT2D eigenvalue weighted by atomic mass is 79.9. The predicted octanol–water partition coefficient (Wildman–Crippen LogP) is 4.92. The van der Waals surface area contributed by atoms with Crippen LogP contribution in [-0.4, -0.2) is 19.4 Å². The molecule has 0 radical (unpaired) electrons. The molecule has 3 aromatic rings. The molecule has 0 aromatic heterocycles. The van der Waals surface area contributed by atoms with E-state index in [1.54, 1.807) is 30.5 Å². The highest BCUT2D eigenvalue weighted by molar-refractivity contribution is 9.10. The highest BCUT2D eigenvalue weighted by Gasteiger charge is 2.31. The van der Waals surface area contributed by atoms with Crippen molar-refractivity contribution in [2.75, 3.05) is 11.6 Å². The summed E-state index contributed by atoms with van der Waals surface area (Å²) < 4.78 is 28.5. The summed E-state index contributed by atoms with van der Waals surface area (Å²) in [6.07, 6.45) is 1.71. The van der Waals surface area contributed by atoms with Crippen LogP contribution in [0.3, 0.4) is 0 Å². The lowest BCUT2D eigenvalue weighted by Crippen LogP contribution is -2.31. The van der Waals surface area contributed by atoms with E-state index < -0.39 is 10.0 Å². The quantitative estimate of drug-likeness (QED) is 0.578. The van der Waals surface area contributed by atoms with Gasteiger partial charge in [-0.2, -0.15) is 0 Å². The molecule has 1 heterocycles. The first-order valence-corrected chi connectivity index (χ1v) is 10.7. The lowest BCUT2D eigenvalue weighted by atomic mass is 10.1. The maximum atomic E-state index is 13.1. The van der Waals surface area contributed by atoms with Gasteiger partial charge in [-0.25, -0.2) is 8.42 Å². The lowest BCUT2D eigenvalue weighted by molar-refractivity contribution is 0.516. The number of hydrogen-bond acceptors (Lipinski definition) is 3. The molecule has 4 rings (SSSR count). The molecule has 0 saturated heterocycles. The van der Waals surface area contributed by atoms with E-state index in [9.17, 15) is 8.42 Å². The number of para-hydroxylation sites is 1. The van der Waals surface area contributed by atoms with Crippen LogP contribution in [0.5, 0.6) is 0 Å². The van der Waals surface area contributed by atoms with Crippen LogP contribution in [-0.2, 0) is 10.0 Å². The SMILES string of the molecule is O=S(=O)(c1ccccc1)N1C=C(c2cccc(Br)c2)N(c2ccccc2)C1. The number of halogens is 1. The minimum absolute atomic E-state index is 0.225. The maximum absolute atomic E-state index is 13.1. The van der Waals surface area contributed by atoms with Crippen LogP contribution in [0, 0.1) is 0 Å². The Labute approximate surface area is 167 Å². The largest absolute Gasteiger partial charge is 0.320 e. The Morgan fingerprint density at radius 3 is 2.15 bits per heavy atom. The van der Waals surface area contributed by atoms with E-state index in [-0.39, 0.29) is 11.6 Å². The number of anilines is 1. The van der Waals surface area contributed by atoms with Crippen molar-refractivity contribution in [3.05, 3.63) is 101 Å². The summed E-state index contributed by atoms with van der Waals surface area (Å²) in [6, 6.07) is 26.2. The molecule has 4 nitrogen and oxygen atoms in total. The summed E-state index contributed by atoms with van der Waals surface area (Å²) in [6.45, 7) is 0.225. The first-order valence-electron chi connectivity index (χ1n) is 8.43. The van der Waals surface area contributed by atoms with Gasteiger partial charge >= 0.3 is 0 Å². The van der Waals surface area contributed by atoms with E-state index >= 15 is 0 Å². The fraction of sp³-hybridized carbons (Fsp3) is 0.0476. The molecule has 0 fully saturated rings. The van der Waals surface area contributed by atoms with Crippen molar-refractivity contribution in [3.63, 3.8) is 0 Å². The normalized spacial score (nSPS) is 14.3. The Kier molecular flexibility index (Phi) is 4.76. The Morgan fingerprint density at radius 2 is 1.48 bits per heavy atom. The van der Waals surface area contributed by atoms with Gasteiger partial charge in [-0.3, -0.25) is 4.31 Å². The van der Waals surface area contributed by atoms with Crippen LogP contribution < -0.4 is 4.90 Å². The second-order valence-electron chi connectivity index (χ2n) is 6.13. The van der Waals surface area contributed by atoms with Crippen molar-refractivity contribution in [2.45, 2.75) is 4.90 Å². The van der Waals surface area contributed by atoms with Crippen LogP contribution in [0.15, 0.2) is 100 Å². The Hall–Kier alpha value is -2.57. The number of benzene rings is 3. The standard InChI is InChI=1S/C21H17BrN2O2S/c22-18-9-7-8-17(14-18)21-15-23(16-24(21)19-10-3-1-4-11-19)27(25,26)20-12-5-2-6-13-20/h1-15H,16H2. The van der Waals surface area contributed by atoms with Gasteiger partial charge in [0.15, 0.2) is 0 Å². The van der Waals surface area contributed by atoms with Gasteiger partial charge in [0.1, 0.15) is 6.67 Å². The summed E-state index contributed by atoms with van der Waals surface area (Å²) in [5.41, 5.74) is 2.72. The fourth-order valence-corrected chi connectivity index (χ4v) is 4.72. The van der Waals surface area contributed by atoms with E-state index in [2.05, 4.69) is 15.9 Å². The monoisotopic (exact) mass is 440 g/mol. The molecule has 0 saturated carbocycles. The molecule has 6 heteroatoms. The Balaban J connectivity index is 1.80. The minimum atomic E-state index is -3.63. The second-order valence-corrected chi connectivity index (χ2v) is 8.94. The molecule has 27 heavy (non-hydrogen) atoms. The zero-order valence-corrected chi connectivity index (χ0v) is 16.8. The molecule has 0 amide bonds. The number of hydrogen-bond donors (Lipinski definition) is 0. The van der Waals surface area contributed by atoms with Crippen LogP contribution in [0.25, 0.3) is 5.70 Å². The van der Waals surface area contributed by atoms with Crippen LogP contribution >= 0.6 is 15.9 Å². The van der Waals surface area contributed by atoms with Crippen LogP contribution in [0.1, 0.15) is 5.56 Å². The first kappa shape index (κ1) is 17.8. The summed E-state index contributed by atoms with van der Waals surface area (Å²) in [5.74, 6) is 0. The number of sulfonamides is 1. The van der Waals surface area contributed by atoms with Crippen molar-refractivity contribution in [3.8, 4) is 0 Å². The number of rotatable bonds is 4. The molecular weight excluding hydrogens is 424 g/mol. The molecule has 1 aliphatic rings. The third kappa shape index (κ3) is 3.50. The molecule has 0 N–H and O–H groups in total. The van der Waals surface area contributed by atoms with Crippen LogP contribution in [0.2, 0.25) is 0 Å². The summed E-state index contributed by atoms with van der Waals surface area (Å²) in [5, 5.41) is 0. The van der Waals surface area contributed by atoms with E-state index in [4.69, 9.17) is 0 Å². The predicted molar refractivity (Wildman–Crippen MR) is 111 cm³/mol. The smallest absolute Gasteiger partial charge is 0.265 e. The molecule has 0 unspecified atom stereocenters. The molecule has 1 aliphatic heterocycles. The molecule has 0 atom stereocenters. The van der Waals surface area contributed by atoms with E-state index in [0.29, 0.717) is 0 Å². The zero-order valence-electron chi connectivity index (χ0n) is 14.4. The second kappa shape index (κ2) is 7.21. The molecule has 136 valence electrons. The lowest BCUT2D eigenvalue weighted by Gasteiger charge is -2.24. The topological polar surface area (TPSA) is 40.6 Å². The van der Waals surface area contributed by atoms with Gasteiger partial charge < -0.3 is 4.90 Å². The molecule has 3 aromatic carbocycles. The van der Waals surface area contributed by atoms with Gasteiger partial charge in [0, 0.05) is 21.9 Å². The molecule has 0 bridgehead atoms. The maximum Gasteiger partial charge on any atom is 0.265 e. The van der Waals surface area contributed by atoms with E-state index in [0.717, 1.165) is 21.4 Å². The van der Waals surface area contributed by atoms with Gasteiger partial charge in [-0.05, 0) is 36.4 Å². The molecule has 0 aliphatic carbocycles. The van der Waals surface area contributed by atoms with Crippen molar-refractivity contribution >= 4 is 37.3 Å². The summed E-state index contributed by atoms with van der Waals surface area (Å²) in [4.78, 5) is 2.28. The van der Waals surface area contributed by atoms with Crippen LogP contribution in [0.4, 0.5) is 5.69 Å². The summed E-state index contributed by atoms with van der Waals surface area (Å²) >= 11 is 3.50. The number of nitrogens with zero attached hydrogens (tertiary/aromatic N) is 2. The van der Waals surface area contributed by atoms with Gasteiger partial charge in [0.05, 0.1) is 10.6 Å². The third-order valence-electron chi connectivity index (χ3n) is 4.38. The fourth-order valence-electron chi connectivity index (χ4n) is 3.04. The van der Waals surface area contributed by atoms with Crippen molar-refractivity contribution in [1.29, 1.82) is 0 Å². The minimum Gasteiger partial charge on any atom is -0.320 e. The molecular formula is C21H17BrN2O2S. The van der Waals surface area contributed by atoms with Gasteiger partial charge in [-0.15, -0.1) is 0 Å². The van der Waals surface area contributed by atoms with E-state index in [1.165, 1.54) is 4.31 Å². The van der Waals surface area contributed by atoms with Gasteiger partial charge in [0.2, 0.25) is 0 Å². The average Bonchev–Trinajstić information content (AvgIpc) is 3.16. The Morgan fingerprint density at radius 1 is 0.815 bits per heavy atom. The highest BCUT2D eigenvalue weighted by Crippen LogP contribution is 2.34. The summed E-state index contributed by atoms with van der Waals surface area (Å²) in [7, 11) is -3.63. The Bertz CT molecular complexity index is 1080. The zero-order chi connectivity index (χ0) is 18.9. The van der Waals surface area contributed by atoms with Crippen molar-refractivity contribution in [1.82, 2.24) is 4.31 Å². The first-order chi connectivity index (χ1) is 13.1. The van der Waals surface area contributed by atoms with Gasteiger partial charge in [-0.1, -0.05) is 64.5 Å².